The normalized spacial score (nSPS) is 38.2. The van der Waals surface area contributed by atoms with Gasteiger partial charge in [0.1, 0.15) is 0 Å². The first-order valence-electron chi connectivity index (χ1n) is 6.35. The summed E-state index contributed by atoms with van der Waals surface area (Å²) in [5.74, 6) is 0.758. The van der Waals surface area contributed by atoms with Crippen molar-refractivity contribution in [2.45, 2.75) is 18.4 Å². The van der Waals surface area contributed by atoms with Gasteiger partial charge in [-0.25, -0.2) is 0 Å². The predicted octanol–water partition coefficient (Wildman–Crippen LogP) is -0.0123. The number of nitrogens with two attached hydrogens (primary N) is 1. The Hall–Kier alpha value is -0.160. The van der Waals surface area contributed by atoms with Crippen molar-refractivity contribution in [1.82, 2.24) is 9.80 Å². The highest BCUT2D eigenvalue weighted by Gasteiger charge is 2.47. The molecule has 0 saturated carbocycles. The summed E-state index contributed by atoms with van der Waals surface area (Å²) in [5, 5.41) is 0. The zero-order chi connectivity index (χ0) is 11.6. The third kappa shape index (κ3) is 1.99. The number of likely N-dealkylation sites (N-methyl/N-ethyl adjacent to an activating group) is 1. The lowest BCUT2D eigenvalue weighted by Gasteiger charge is -2.48. The van der Waals surface area contributed by atoms with Crippen molar-refractivity contribution in [2.75, 3.05) is 53.5 Å². The Labute approximate surface area is 98.7 Å². The number of ether oxygens (including phenoxy) is 1. The second-order valence-electron chi connectivity index (χ2n) is 5.26. The predicted molar refractivity (Wildman–Crippen MR) is 65.5 cm³/mol. The van der Waals surface area contributed by atoms with Crippen LogP contribution in [-0.2, 0) is 4.74 Å². The van der Waals surface area contributed by atoms with E-state index in [4.69, 9.17) is 10.5 Å². The Bertz CT molecular complexity index is 236. The average molecular weight is 227 g/mol. The van der Waals surface area contributed by atoms with Gasteiger partial charge < -0.3 is 15.4 Å². The molecule has 3 unspecified atom stereocenters. The molecular weight excluding hydrogens is 202 g/mol. The number of methoxy groups -OCH3 is 1. The lowest BCUT2D eigenvalue weighted by Crippen LogP contribution is -2.61. The summed E-state index contributed by atoms with van der Waals surface area (Å²) < 4.78 is 5.18. The maximum absolute atomic E-state index is 6.09. The van der Waals surface area contributed by atoms with Gasteiger partial charge >= 0.3 is 0 Å². The molecule has 3 atom stereocenters. The van der Waals surface area contributed by atoms with Gasteiger partial charge in [0, 0.05) is 32.3 Å². The molecule has 0 spiro atoms. The second kappa shape index (κ2) is 5.00. The molecule has 0 aromatic heterocycles. The van der Waals surface area contributed by atoms with E-state index in [0.29, 0.717) is 0 Å². The Morgan fingerprint density at radius 1 is 1.50 bits per heavy atom. The fourth-order valence-electron chi connectivity index (χ4n) is 3.41. The van der Waals surface area contributed by atoms with E-state index in [2.05, 4.69) is 16.8 Å². The van der Waals surface area contributed by atoms with Crippen LogP contribution < -0.4 is 5.73 Å². The number of rotatable bonds is 5. The third-order valence-electron chi connectivity index (χ3n) is 4.64. The van der Waals surface area contributed by atoms with Crippen molar-refractivity contribution in [2.24, 2.45) is 11.7 Å². The summed E-state index contributed by atoms with van der Waals surface area (Å²) in [4.78, 5) is 5.02. The van der Waals surface area contributed by atoms with Crippen molar-refractivity contribution < 1.29 is 4.74 Å². The van der Waals surface area contributed by atoms with Gasteiger partial charge in [0.15, 0.2) is 0 Å². The Balaban J connectivity index is 2.05. The summed E-state index contributed by atoms with van der Waals surface area (Å²) in [5.41, 5.74) is 6.32. The number of piperidine rings is 1. The molecule has 2 aliphatic heterocycles. The molecule has 2 fully saturated rings. The molecule has 0 aliphatic carbocycles. The fraction of sp³-hybridized carbons (Fsp3) is 1.00. The van der Waals surface area contributed by atoms with Crippen molar-refractivity contribution >= 4 is 0 Å². The monoisotopic (exact) mass is 227 g/mol. The van der Waals surface area contributed by atoms with Crippen LogP contribution in [-0.4, -0.2) is 68.8 Å². The number of nitrogens with zero attached hydrogens (tertiary/aromatic N) is 2. The minimum atomic E-state index is 0.228. The van der Waals surface area contributed by atoms with Gasteiger partial charge in [-0.05, 0) is 38.9 Å². The van der Waals surface area contributed by atoms with Crippen LogP contribution in [0, 0.1) is 5.92 Å². The van der Waals surface area contributed by atoms with Gasteiger partial charge in [-0.2, -0.15) is 0 Å². The largest absolute Gasteiger partial charge is 0.383 e. The van der Waals surface area contributed by atoms with Gasteiger partial charge in [0.25, 0.3) is 0 Å². The SMILES string of the molecule is COCCN(C)C1(CN)CCN2CCC1C2. The fourth-order valence-corrected chi connectivity index (χ4v) is 3.41. The first-order chi connectivity index (χ1) is 7.73. The maximum Gasteiger partial charge on any atom is 0.0589 e. The van der Waals surface area contributed by atoms with E-state index in [1.807, 2.05) is 0 Å². The Kier molecular flexibility index (Phi) is 3.85. The lowest BCUT2D eigenvalue weighted by molar-refractivity contribution is 0.0117. The standard InChI is InChI=1S/C12H25N3O/c1-14(7-8-16-2)12(10-13)4-6-15-5-3-11(12)9-15/h11H,3-10,13H2,1-2H3. The first kappa shape index (κ1) is 12.3. The number of fused-ring (bicyclic) bond motifs is 2. The molecule has 2 aliphatic rings. The molecule has 2 N–H and O–H groups in total. The summed E-state index contributed by atoms with van der Waals surface area (Å²) in [6.45, 7) is 6.30. The van der Waals surface area contributed by atoms with E-state index >= 15 is 0 Å². The molecular formula is C12H25N3O. The highest BCUT2D eigenvalue weighted by molar-refractivity contribution is 5.04. The first-order valence-corrected chi connectivity index (χ1v) is 6.35. The maximum atomic E-state index is 6.09. The molecule has 0 aromatic carbocycles. The van der Waals surface area contributed by atoms with E-state index in [1.165, 1.54) is 32.5 Å². The number of hydrogen-bond donors (Lipinski definition) is 1. The van der Waals surface area contributed by atoms with E-state index < -0.39 is 0 Å². The minimum absolute atomic E-state index is 0.228. The highest BCUT2D eigenvalue weighted by atomic mass is 16.5. The van der Waals surface area contributed by atoms with E-state index in [0.717, 1.165) is 25.6 Å². The van der Waals surface area contributed by atoms with Crippen molar-refractivity contribution in [3.8, 4) is 0 Å². The van der Waals surface area contributed by atoms with Gasteiger partial charge in [0.2, 0.25) is 0 Å². The average Bonchev–Trinajstić information content (AvgIpc) is 2.71. The van der Waals surface area contributed by atoms with Crippen LogP contribution in [0.3, 0.4) is 0 Å². The van der Waals surface area contributed by atoms with Crippen LogP contribution in [0.4, 0.5) is 0 Å². The molecule has 2 saturated heterocycles. The van der Waals surface area contributed by atoms with E-state index in [1.54, 1.807) is 7.11 Å². The van der Waals surface area contributed by atoms with Gasteiger partial charge in [-0.3, -0.25) is 4.90 Å². The van der Waals surface area contributed by atoms with Crippen LogP contribution in [0.2, 0.25) is 0 Å². The smallest absolute Gasteiger partial charge is 0.0589 e. The minimum Gasteiger partial charge on any atom is -0.383 e. The summed E-state index contributed by atoms with van der Waals surface area (Å²) >= 11 is 0. The molecule has 94 valence electrons. The molecule has 16 heavy (non-hydrogen) atoms. The molecule has 0 amide bonds. The molecule has 4 nitrogen and oxygen atoms in total. The van der Waals surface area contributed by atoms with Crippen LogP contribution >= 0.6 is 0 Å². The van der Waals surface area contributed by atoms with E-state index in [-0.39, 0.29) is 5.54 Å². The molecule has 2 heterocycles. The van der Waals surface area contributed by atoms with Gasteiger partial charge in [0.05, 0.1) is 6.61 Å². The van der Waals surface area contributed by atoms with Crippen LogP contribution in [0.1, 0.15) is 12.8 Å². The third-order valence-corrected chi connectivity index (χ3v) is 4.64. The Morgan fingerprint density at radius 3 is 3.00 bits per heavy atom. The lowest BCUT2D eigenvalue weighted by atomic mass is 9.77. The molecule has 2 bridgehead atoms. The molecule has 2 rings (SSSR count). The zero-order valence-electron chi connectivity index (χ0n) is 10.6. The van der Waals surface area contributed by atoms with Crippen LogP contribution in [0.5, 0.6) is 0 Å². The molecule has 0 radical (unpaired) electrons. The second-order valence-corrected chi connectivity index (χ2v) is 5.26. The van der Waals surface area contributed by atoms with Gasteiger partial charge in [-0.1, -0.05) is 0 Å². The number of hydrogen-bond acceptors (Lipinski definition) is 4. The van der Waals surface area contributed by atoms with Crippen LogP contribution in [0.15, 0.2) is 0 Å². The van der Waals surface area contributed by atoms with Crippen molar-refractivity contribution in [3.63, 3.8) is 0 Å². The summed E-state index contributed by atoms with van der Waals surface area (Å²) in [6, 6.07) is 0. The Morgan fingerprint density at radius 2 is 2.31 bits per heavy atom. The van der Waals surface area contributed by atoms with Crippen molar-refractivity contribution in [1.29, 1.82) is 0 Å². The van der Waals surface area contributed by atoms with Crippen LogP contribution in [0.25, 0.3) is 0 Å². The summed E-state index contributed by atoms with van der Waals surface area (Å²) in [6.07, 6.45) is 2.53. The van der Waals surface area contributed by atoms with Gasteiger partial charge in [-0.15, -0.1) is 0 Å². The van der Waals surface area contributed by atoms with E-state index in [9.17, 15) is 0 Å². The highest BCUT2D eigenvalue weighted by Crippen LogP contribution is 2.38. The quantitative estimate of drug-likeness (QED) is 0.717. The van der Waals surface area contributed by atoms with Crippen molar-refractivity contribution in [3.05, 3.63) is 0 Å². The molecule has 0 aromatic rings. The summed E-state index contributed by atoms with van der Waals surface area (Å²) in [7, 11) is 3.97. The zero-order valence-corrected chi connectivity index (χ0v) is 10.6. The molecule has 4 heteroatoms. The topological polar surface area (TPSA) is 41.7 Å².